The number of ether oxygens (including phenoxy) is 1. The Kier molecular flexibility index (Phi) is 4.70. The van der Waals surface area contributed by atoms with Crippen LogP contribution >= 0.6 is 0 Å². The lowest BCUT2D eigenvalue weighted by Crippen LogP contribution is -1.95. The number of carboxylic acid groups (broad SMARTS) is 1. The van der Waals surface area contributed by atoms with Gasteiger partial charge in [0.2, 0.25) is 0 Å². The Hall–Kier alpha value is -2.89. The van der Waals surface area contributed by atoms with Gasteiger partial charge < -0.3 is 20.1 Å². The zero-order valence-corrected chi connectivity index (χ0v) is 13.7. The summed E-state index contributed by atoms with van der Waals surface area (Å²) in [4.78, 5) is 10.9. The fourth-order valence-electron chi connectivity index (χ4n) is 3.01. The Morgan fingerprint density at radius 2 is 1.84 bits per heavy atom. The molecule has 3 rings (SSSR count). The first-order valence-corrected chi connectivity index (χ1v) is 7.76. The Morgan fingerprint density at radius 1 is 1.04 bits per heavy atom. The number of hydrogen-bond donors (Lipinski definition) is 3. The fourth-order valence-corrected chi connectivity index (χ4v) is 3.01. The molecule has 0 aromatic heterocycles. The van der Waals surface area contributed by atoms with Crippen molar-refractivity contribution in [1.29, 1.82) is 0 Å². The first kappa shape index (κ1) is 17.0. The molecule has 3 N–H and O–H groups in total. The van der Waals surface area contributed by atoms with E-state index in [1.54, 1.807) is 12.1 Å². The molecule has 0 unspecified atom stereocenters. The molecule has 3 aromatic carbocycles. The Morgan fingerprint density at radius 3 is 2.48 bits per heavy atom. The lowest BCUT2D eigenvalue weighted by Gasteiger charge is -2.13. The van der Waals surface area contributed by atoms with Crippen LogP contribution in [0.2, 0.25) is 0 Å². The number of carbonyl (C=O) groups is 1. The second kappa shape index (κ2) is 6.93. The van der Waals surface area contributed by atoms with Crippen molar-refractivity contribution in [2.45, 2.75) is 13.2 Å². The number of aliphatic hydroxyl groups is 2. The van der Waals surface area contributed by atoms with E-state index >= 15 is 0 Å². The summed E-state index contributed by atoms with van der Waals surface area (Å²) in [5, 5.41) is 31.5. The van der Waals surface area contributed by atoms with Gasteiger partial charge in [-0.2, -0.15) is 0 Å². The van der Waals surface area contributed by atoms with Crippen LogP contribution in [0.3, 0.4) is 0 Å². The molecule has 0 saturated heterocycles. The zero-order chi connectivity index (χ0) is 18.0. The van der Waals surface area contributed by atoms with Crippen LogP contribution < -0.4 is 4.74 Å². The van der Waals surface area contributed by atoms with E-state index in [0.29, 0.717) is 11.3 Å². The van der Waals surface area contributed by atoms with Crippen molar-refractivity contribution in [1.82, 2.24) is 0 Å². The van der Waals surface area contributed by atoms with Crippen molar-refractivity contribution < 1.29 is 24.9 Å². The number of hydrogen-bond acceptors (Lipinski definition) is 4. The third kappa shape index (κ3) is 3.20. The van der Waals surface area contributed by atoms with Gasteiger partial charge in [0.25, 0.3) is 0 Å². The molecule has 0 bridgehead atoms. The highest BCUT2D eigenvalue weighted by atomic mass is 16.5. The van der Waals surface area contributed by atoms with E-state index in [1.807, 2.05) is 30.3 Å². The third-order valence-electron chi connectivity index (χ3n) is 4.21. The van der Waals surface area contributed by atoms with Crippen LogP contribution in [-0.2, 0) is 18.0 Å². The van der Waals surface area contributed by atoms with E-state index in [9.17, 15) is 15.0 Å². The molecule has 0 aliphatic heterocycles. The van der Waals surface area contributed by atoms with Crippen LogP contribution in [0.15, 0.2) is 42.5 Å². The van der Waals surface area contributed by atoms with Gasteiger partial charge in [-0.05, 0) is 63.0 Å². The van der Waals surface area contributed by atoms with Gasteiger partial charge in [0.05, 0.1) is 20.3 Å². The summed E-state index contributed by atoms with van der Waals surface area (Å²) < 4.78 is 5.34. The second-order valence-corrected chi connectivity index (χ2v) is 5.72. The summed E-state index contributed by atoms with van der Waals surface area (Å²) in [5.41, 5.74) is 2.17. The van der Waals surface area contributed by atoms with Crippen molar-refractivity contribution in [3.63, 3.8) is 0 Å². The summed E-state index contributed by atoms with van der Waals surface area (Å²) in [6, 6.07) is 11.2. The largest absolute Gasteiger partial charge is 0.496 e. The maximum Gasteiger partial charge on any atom is 0.328 e. The van der Waals surface area contributed by atoms with Crippen LogP contribution in [0.5, 0.6) is 5.75 Å². The molecule has 0 fully saturated rings. The van der Waals surface area contributed by atoms with Crippen molar-refractivity contribution in [2.24, 2.45) is 0 Å². The van der Waals surface area contributed by atoms with E-state index in [2.05, 4.69) is 0 Å². The van der Waals surface area contributed by atoms with Gasteiger partial charge >= 0.3 is 5.97 Å². The maximum absolute atomic E-state index is 10.9. The van der Waals surface area contributed by atoms with E-state index in [4.69, 9.17) is 9.84 Å². The molecule has 0 amide bonds. The number of rotatable bonds is 5. The van der Waals surface area contributed by atoms with Gasteiger partial charge in [0, 0.05) is 11.6 Å². The van der Waals surface area contributed by atoms with E-state index in [0.717, 1.165) is 38.7 Å². The first-order chi connectivity index (χ1) is 12.1. The predicted molar refractivity (Wildman–Crippen MR) is 96.5 cm³/mol. The molecular formula is C20H18O5. The summed E-state index contributed by atoms with van der Waals surface area (Å²) >= 11 is 0. The summed E-state index contributed by atoms with van der Waals surface area (Å²) in [7, 11) is 1.53. The molecule has 0 heterocycles. The summed E-state index contributed by atoms with van der Waals surface area (Å²) in [6.45, 7) is -0.239. The van der Waals surface area contributed by atoms with Gasteiger partial charge in [-0.1, -0.05) is 12.1 Å². The van der Waals surface area contributed by atoms with Gasteiger partial charge in [-0.25, -0.2) is 4.79 Å². The maximum atomic E-state index is 10.9. The minimum Gasteiger partial charge on any atom is -0.496 e. The van der Waals surface area contributed by atoms with Crippen LogP contribution in [-0.4, -0.2) is 28.4 Å². The van der Waals surface area contributed by atoms with Crippen LogP contribution in [0, 0.1) is 0 Å². The highest BCUT2D eigenvalue weighted by Gasteiger charge is 2.11. The van der Waals surface area contributed by atoms with Crippen LogP contribution in [0.1, 0.15) is 16.7 Å². The molecule has 5 heteroatoms. The molecule has 0 atom stereocenters. The van der Waals surface area contributed by atoms with Crippen LogP contribution in [0.25, 0.3) is 27.6 Å². The highest BCUT2D eigenvalue weighted by Crippen LogP contribution is 2.35. The fraction of sp³-hybridized carbons (Fsp3) is 0.150. The van der Waals surface area contributed by atoms with Gasteiger partial charge in [-0.15, -0.1) is 0 Å². The summed E-state index contributed by atoms with van der Waals surface area (Å²) in [6.07, 6.45) is 2.64. The molecule has 128 valence electrons. The third-order valence-corrected chi connectivity index (χ3v) is 4.21. The topological polar surface area (TPSA) is 87.0 Å². The molecule has 5 nitrogen and oxygen atoms in total. The number of fused-ring (bicyclic) bond motifs is 3. The molecule has 0 spiro atoms. The quantitative estimate of drug-likeness (QED) is 0.491. The first-order valence-electron chi connectivity index (χ1n) is 7.76. The monoisotopic (exact) mass is 338 g/mol. The van der Waals surface area contributed by atoms with Crippen molar-refractivity contribution in [3.05, 3.63) is 59.2 Å². The van der Waals surface area contributed by atoms with E-state index < -0.39 is 5.97 Å². The normalized spacial score (nSPS) is 11.5. The van der Waals surface area contributed by atoms with Crippen LogP contribution in [0.4, 0.5) is 0 Å². The number of carboxylic acids is 1. The predicted octanol–water partition coefficient (Wildman–Crippen LogP) is 3.08. The molecular weight excluding hydrogens is 320 g/mol. The molecule has 25 heavy (non-hydrogen) atoms. The minimum atomic E-state index is -1.03. The lowest BCUT2D eigenvalue weighted by molar-refractivity contribution is -0.131. The number of aliphatic carboxylic acids is 1. The van der Waals surface area contributed by atoms with Crippen molar-refractivity contribution in [3.8, 4) is 5.75 Å². The summed E-state index contributed by atoms with van der Waals surface area (Å²) in [5.74, 6) is -0.486. The Labute approximate surface area is 144 Å². The molecule has 0 radical (unpaired) electrons. The van der Waals surface area contributed by atoms with Gasteiger partial charge in [0.15, 0.2) is 0 Å². The molecule has 0 saturated carbocycles. The lowest BCUT2D eigenvalue weighted by atomic mass is 9.94. The average Bonchev–Trinajstić information content (AvgIpc) is 2.64. The average molecular weight is 338 g/mol. The highest BCUT2D eigenvalue weighted by molar-refractivity contribution is 6.12. The molecule has 0 aliphatic rings. The van der Waals surface area contributed by atoms with E-state index in [1.165, 1.54) is 7.11 Å². The molecule has 3 aromatic rings. The van der Waals surface area contributed by atoms with Crippen molar-refractivity contribution in [2.75, 3.05) is 7.11 Å². The Balaban J connectivity index is 2.43. The Bertz CT molecular complexity index is 988. The smallest absolute Gasteiger partial charge is 0.328 e. The van der Waals surface area contributed by atoms with E-state index in [-0.39, 0.29) is 13.2 Å². The zero-order valence-electron chi connectivity index (χ0n) is 13.7. The van der Waals surface area contributed by atoms with Gasteiger partial charge in [0.1, 0.15) is 5.75 Å². The number of methoxy groups -OCH3 is 1. The van der Waals surface area contributed by atoms with Crippen molar-refractivity contribution >= 4 is 33.6 Å². The SMILES string of the molecule is COc1cc2c(/C=C/C(=O)O)cc3ccc(CO)cc3c2cc1CO. The molecule has 0 aliphatic carbocycles. The van der Waals surface area contributed by atoms with Gasteiger partial charge in [-0.3, -0.25) is 0 Å². The standard InChI is InChI=1S/C20H18O5/c1-25-19-9-17-14(4-5-20(23)24)7-13-3-2-12(10-21)6-16(13)18(17)8-15(19)11-22/h2-9,21-22H,10-11H2,1H3,(H,23,24)/b5-4+. The number of benzene rings is 3. The number of aliphatic hydroxyl groups excluding tert-OH is 2. The second-order valence-electron chi connectivity index (χ2n) is 5.72. The minimum absolute atomic E-state index is 0.0683.